The summed E-state index contributed by atoms with van der Waals surface area (Å²) >= 11 is 0. The predicted octanol–water partition coefficient (Wildman–Crippen LogP) is -0.199. The average molecular weight is 380 g/mol. The second kappa shape index (κ2) is 7.04. The Labute approximate surface area is 150 Å². The highest BCUT2D eigenvalue weighted by Crippen LogP contribution is 2.18. The van der Waals surface area contributed by atoms with Gasteiger partial charge in [-0.15, -0.1) is 0 Å². The van der Waals surface area contributed by atoms with E-state index in [0.29, 0.717) is 13.1 Å². The third kappa shape index (κ3) is 3.70. The second-order valence-corrected chi connectivity index (χ2v) is 8.39. The summed E-state index contributed by atoms with van der Waals surface area (Å²) < 4.78 is 25.8. The number of nitrogens with one attached hydrogen (secondary N) is 1. The highest BCUT2D eigenvalue weighted by atomic mass is 32.2. The zero-order valence-corrected chi connectivity index (χ0v) is 15.1. The summed E-state index contributed by atoms with van der Waals surface area (Å²) in [5.41, 5.74) is -0.640. The SMILES string of the molecule is CS(=O)(=O)N1CCC[C@@H](CNC(=O)c2cnc3c(O)cccn3c2=O)C1. The average Bonchev–Trinajstić information content (AvgIpc) is 2.60. The Bertz CT molecular complexity index is 1000. The normalized spacial score (nSPS) is 18.7. The van der Waals surface area contributed by atoms with Gasteiger partial charge in [0.1, 0.15) is 5.56 Å². The molecule has 26 heavy (non-hydrogen) atoms. The van der Waals surface area contributed by atoms with Crippen molar-refractivity contribution >= 4 is 21.6 Å². The molecule has 10 heteroatoms. The molecule has 3 heterocycles. The van der Waals surface area contributed by atoms with Crippen LogP contribution in [0.2, 0.25) is 0 Å². The van der Waals surface area contributed by atoms with E-state index < -0.39 is 21.5 Å². The monoisotopic (exact) mass is 380 g/mol. The Kier molecular flexibility index (Phi) is 4.97. The van der Waals surface area contributed by atoms with Gasteiger partial charge in [-0.25, -0.2) is 17.7 Å². The van der Waals surface area contributed by atoms with Gasteiger partial charge in [0.15, 0.2) is 11.4 Å². The molecule has 3 rings (SSSR count). The van der Waals surface area contributed by atoms with Gasteiger partial charge >= 0.3 is 0 Å². The maximum absolute atomic E-state index is 12.4. The lowest BCUT2D eigenvalue weighted by atomic mass is 9.99. The summed E-state index contributed by atoms with van der Waals surface area (Å²) in [6.07, 6.45) is 5.26. The van der Waals surface area contributed by atoms with E-state index in [1.165, 1.54) is 28.9 Å². The molecule has 0 unspecified atom stereocenters. The van der Waals surface area contributed by atoms with Gasteiger partial charge in [-0.3, -0.25) is 14.0 Å². The van der Waals surface area contributed by atoms with Crippen LogP contribution in [0.15, 0.2) is 29.3 Å². The van der Waals surface area contributed by atoms with Crippen molar-refractivity contribution in [3.05, 3.63) is 40.4 Å². The van der Waals surface area contributed by atoms with Gasteiger partial charge in [0.2, 0.25) is 10.0 Å². The summed E-state index contributed by atoms with van der Waals surface area (Å²) in [4.78, 5) is 28.7. The number of hydrogen-bond acceptors (Lipinski definition) is 6. The van der Waals surface area contributed by atoms with Crippen LogP contribution in [0.5, 0.6) is 5.75 Å². The van der Waals surface area contributed by atoms with E-state index in [9.17, 15) is 23.1 Å². The van der Waals surface area contributed by atoms with Crippen molar-refractivity contribution in [1.82, 2.24) is 19.0 Å². The van der Waals surface area contributed by atoms with E-state index in [0.717, 1.165) is 23.4 Å². The number of nitrogens with zero attached hydrogens (tertiary/aromatic N) is 3. The lowest BCUT2D eigenvalue weighted by Crippen LogP contribution is -2.43. The van der Waals surface area contributed by atoms with Gasteiger partial charge in [-0.2, -0.15) is 0 Å². The quantitative estimate of drug-likeness (QED) is 0.758. The van der Waals surface area contributed by atoms with Crippen molar-refractivity contribution in [2.24, 2.45) is 5.92 Å². The summed E-state index contributed by atoms with van der Waals surface area (Å²) in [6.45, 7) is 1.11. The van der Waals surface area contributed by atoms with Crippen LogP contribution in [-0.4, -0.2) is 59.0 Å². The van der Waals surface area contributed by atoms with Gasteiger partial charge in [-0.1, -0.05) is 0 Å². The molecule has 0 radical (unpaired) electrons. The van der Waals surface area contributed by atoms with Gasteiger partial charge in [0.25, 0.3) is 11.5 Å². The smallest absolute Gasteiger partial charge is 0.270 e. The Morgan fingerprint density at radius 2 is 2.23 bits per heavy atom. The Morgan fingerprint density at radius 3 is 2.96 bits per heavy atom. The highest BCUT2D eigenvalue weighted by molar-refractivity contribution is 7.88. The molecule has 0 aromatic carbocycles. The first-order valence-electron chi connectivity index (χ1n) is 8.20. The lowest BCUT2D eigenvalue weighted by molar-refractivity contribution is 0.0939. The van der Waals surface area contributed by atoms with E-state index in [1.807, 2.05) is 0 Å². The molecule has 2 N–H and O–H groups in total. The minimum Gasteiger partial charge on any atom is -0.504 e. The van der Waals surface area contributed by atoms with Crippen molar-refractivity contribution < 1.29 is 18.3 Å². The van der Waals surface area contributed by atoms with Crippen LogP contribution in [0.4, 0.5) is 0 Å². The number of pyridine rings is 1. The molecule has 0 bridgehead atoms. The van der Waals surface area contributed by atoms with Gasteiger partial charge in [0.05, 0.1) is 6.26 Å². The van der Waals surface area contributed by atoms with Gasteiger partial charge < -0.3 is 10.4 Å². The molecule has 2 aromatic heterocycles. The van der Waals surface area contributed by atoms with Crippen LogP contribution >= 0.6 is 0 Å². The van der Waals surface area contributed by atoms with Crippen molar-refractivity contribution in [3.8, 4) is 5.75 Å². The first kappa shape index (κ1) is 18.3. The Balaban J connectivity index is 1.72. The fraction of sp³-hybridized carbons (Fsp3) is 0.438. The first-order valence-corrected chi connectivity index (χ1v) is 10.0. The molecule has 0 spiro atoms. The lowest BCUT2D eigenvalue weighted by Gasteiger charge is -2.30. The molecule has 1 aliphatic rings. The number of hydrogen-bond donors (Lipinski definition) is 2. The second-order valence-electron chi connectivity index (χ2n) is 6.40. The maximum Gasteiger partial charge on any atom is 0.270 e. The maximum atomic E-state index is 12.4. The number of rotatable bonds is 4. The summed E-state index contributed by atoms with van der Waals surface area (Å²) in [5, 5.41) is 12.4. The Hall–Kier alpha value is -2.46. The number of aromatic nitrogens is 2. The minimum atomic E-state index is -3.25. The van der Waals surface area contributed by atoms with Crippen LogP contribution in [0.25, 0.3) is 5.65 Å². The zero-order valence-electron chi connectivity index (χ0n) is 14.3. The number of sulfonamides is 1. The van der Waals surface area contributed by atoms with Gasteiger partial charge in [0, 0.05) is 32.0 Å². The molecule has 2 aromatic rings. The molecule has 1 saturated heterocycles. The van der Waals surface area contributed by atoms with Crippen LogP contribution in [0.1, 0.15) is 23.2 Å². The largest absolute Gasteiger partial charge is 0.504 e. The summed E-state index contributed by atoms with van der Waals surface area (Å²) in [5.74, 6) is -0.737. The Morgan fingerprint density at radius 1 is 1.46 bits per heavy atom. The van der Waals surface area contributed by atoms with Crippen LogP contribution in [0, 0.1) is 5.92 Å². The predicted molar refractivity (Wildman–Crippen MR) is 94.6 cm³/mol. The number of fused-ring (bicyclic) bond motifs is 1. The van der Waals surface area contributed by atoms with Crippen LogP contribution in [-0.2, 0) is 10.0 Å². The van der Waals surface area contributed by atoms with Crippen LogP contribution in [0.3, 0.4) is 0 Å². The minimum absolute atomic E-state index is 0.0114. The topological polar surface area (TPSA) is 121 Å². The van der Waals surface area contributed by atoms with Crippen LogP contribution < -0.4 is 10.9 Å². The number of carbonyl (C=O) groups excluding carboxylic acids is 1. The molecule has 9 nitrogen and oxygen atoms in total. The molecule has 0 aliphatic carbocycles. The highest BCUT2D eigenvalue weighted by Gasteiger charge is 2.26. The van der Waals surface area contributed by atoms with E-state index >= 15 is 0 Å². The molecule has 1 aliphatic heterocycles. The van der Waals surface area contributed by atoms with Crippen molar-refractivity contribution in [2.45, 2.75) is 12.8 Å². The third-order valence-corrected chi connectivity index (χ3v) is 5.73. The number of piperidine rings is 1. The molecule has 0 saturated carbocycles. The fourth-order valence-electron chi connectivity index (χ4n) is 3.07. The summed E-state index contributed by atoms with van der Waals surface area (Å²) in [6, 6.07) is 2.88. The number of carbonyl (C=O) groups is 1. The third-order valence-electron chi connectivity index (χ3n) is 4.46. The fourth-order valence-corrected chi connectivity index (χ4v) is 4.02. The van der Waals surface area contributed by atoms with E-state index in [4.69, 9.17) is 0 Å². The standard InChI is InChI=1S/C16H20N4O5S/c1-26(24,25)19-6-2-4-11(10-19)8-18-15(22)12-9-17-14-13(21)5-3-7-20(14)16(12)23/h3,5,7,9,11,21H,2,4,6,8,10H2,1H3,(H,18,22)/t11-/m0/s1. The number of aromatic hydroxyl groups is 1. The van der Waals surface area contributed by atoms with E-state index in [1.54, 1.807) is 0 Å². The zero-order chi connectivity index (χ0) is 18.9. The van der Waals surface area contributed by atoms with Crippen molar-refractivity contribution in [3.63, 3.8) is 0 Å². The molecular weight excluding hydrogens is 360 g/mol. The molecule has 1 amide bonds. The van der Waals surface area contributed by atoms with E-state index in [-0.39, 0.29) is 29.4 Å². The van der Waals surface area contributed by atoms with E-state index in [2.05, 4.69) is 10.3 Å². The molecular formula is C16H20N4O5S. The molecule has 1 atom stereocenters. The van der Waals surface area contributed by atoms with Crippen molar-refractivity contribution in [2.75, 3.05) is 25.9 Å². The number of amides is 1. The van der Waals surface area contributed by atoms with Gasteiger partial charge in [-0.05, 0) is 30.9 Å². The van der Waals surface area contributed by atoms with Crippen molar-refractivity contribution in [1.29, 1.82) is 0 Å². The first-order chi connectivity index (χ1) is 12.3. The summed E-state index contributed by atoms with van der Waals surface area (Å²) in [7, 11) is -3.25. The molecule has 1 fully saturated rings. The molecule has 140 valence electrons.